The Morgan fingerprint density at radius 3 is 2.37 bits per heavy atom. The quantitative estimate of drug-likeness (QED) is 0.528. The minimum absolute atomic E-state index is 0.00653. The third-order valence-electron chi connectivity index (χ3n) is 6.39. The van der Waals surface area contributed by atoms with Crippen LogP contribution in [-0.2, 0) is 23.8 Å². The van der Waals surface area contributed by atoms with Gasteiger partial charge in [0.05, 0.1) is 32.3 Å². The number of carbonyl (C=O) groups excluding carboxylic acids is 2. The van der Waals surface area contributed by atoms with Gasteiger partial charge in [-0.3, -0.25) is 4.79 Å². The van der Waals surface area contributed by atoms with Gasteiger partial charge in [-0.1, -0.05) is 48.5 Å². The maximum absolute atomic E-state index is 12.4. The summed E-state index contributed by atoms with van der Waals surface area (Å²) in [6.45, 7) is 2.99. The first-order valence-electron chi connectivity index (χ1n) is 11.8. The van der Waals surface area contributed by atoms with Crippen molar-refractivity contribution >= 4 is 18.0 Å². The molecule has 2 aromatic carbocycles. The van der Waals surface area contributed by atoms with Gasteiger partial charge in [0.15, 0.2) is 6.04 Å². The Labute approximate surface area is 204 Å². The number of morpholine rings is 1. The number of carboxylic acids is 1. The highest BCUT2D eigenvalue weighted by Crippen LogP contribution is 2.44. The van der Waals surface area contributed by atoms with E-state index in [0.29, 0.717) is 6.61 Å². The fraction of sp³-hybridized carbons (Fsp3) is 0.423. The van der Waals surface area contributed by atoms with Gasteiger partial charge in [-0.25, -0.2) is 9.59 Å². The van der Waals surface area contributed by atoms with E-state index in [9.17, 15) is 19.5 Å². The second-order valence-corrected chi connectivity index (χ2v) is 8.56. The molecule has 2 unspecified atom stereocenters. The molecular formula is C26H30N2O7. The Balaban J connectivity index is 1.15. The van der Waals surface area contributed by atoms with Gasteiger partial charge in [-0.15, -0.1) is 0 Å². The zero-order chi connectivity index (χ0) is 24.8. The average Bonchev–Trinajstić information content (AvgIpc) is 3.18. The number of benzene rings is 2. The van der Waals surface area contributed by atoms with Gasteiger partial charge < -0.3 is 29.5 Å². The molecule has 0 spiro atoms. The standard InChI is InChI=1S/C26H30N2O7/c1-17-24(25(30)31)28(12-15-34-17)23(29)10-13-33-14-11-27-26(32)35-16-22-20-8-4-2-6-18(20)19-7-3-5-9-21(19)22/h2-9,17,22,24H,10-16H2,1H3,(H,27,32)(H,30,31). The van der Waals surface area contributed by atoms with Gasteiger partial charge in [0.25, 0.3) is 0 Å². The topological polar surface area (TPSA) is 114 Å². The van der Waals surface area contributed by atoms with Crippen molar-refractivity contribution < 1.29 is 33.7 Å². The van der Waals surface area contributed by atoms with Crippen LogP contribution in [0.4, 0.5) is 4.79 Å². The lowest BCUT2D eigenvalue weighted by atomic mass is 9.98. The van der Waals surface area contributed by atoms with Gasteiger partial charge in [0.1, 0.15) is 6.61 Å². The van der Waals surface area contributed by atoms with Crippen LogP contribution in [-0.4, -0.2) is 79.6 Å². The number of fused-ring (bicyclic) bond motifs is 3. The van der Waals surface area contributed by atoms with Crippen molar-refractivity contribution in [2.75, 3.05) is 39.5 Å². The first-order valence-corrected chi connectivity index (χ1v) is 11.8. The second kappa shape index (κ2) is 11.3. The smallest absolute Gasteiger partial charge is 0.407 e. The monoisotopic (exact) mass is 482 g/mol. The van der Waals surface area contributed by atoms with E-state index in [1.807, 2.05) is 24.3 Å². The summed E-state index contributed by atoms with van der Waals surface area (Å²) in [7, 11) is 0. The van der Waals surface area contributed by atoms with Crippen molar-refractivity contribution in [3.63, 3.8) is 0 Å². The Hall–Kier alpha value is -3.43. The van der Waals surface area contributed by atoms with Gasteiger partial charge >= 0.3 is 12.1 Å². The average molecular weight is 483 g/mol. The fourth-order valence-corrected chi connectivity index (χ4v) is 4.71. The molecule has 0 bridgehead atoms. The van der Waals surface area contributed by atoms with Crippen LogP contribution in [0.2, 0.25) is 0 Å². The minimum atomic E-state index is -1.08. The van der Waals surface area contributed by atoms with Crippen LogP contribution in [0.5, 0.6) is 0 Å². The molecule has 2 atom stereocenters. The van der Waals surface area contributed by atoms with Crippen molar-refractivity contribution in [3.05, 3.63) is 59.7 Å². The first-order chi connectivity index (χ1) is 17.0. The number of nitrogens with zero attached hydrogens (tertiary/aromatic N) is 1. The summed E-state index contributed by atoms with van der Waals surface area (Å²) >= 11 is 0. The van der Waals surface area contributed by atoms with E-state index in [-0.39, 0.29) is 51.2 Å². The second-order valence-electron chi connectivity index (χ2n) is 8.56. The molecule has 1 aliphatic carbocycles. The molecule has 1 fully saturated rings. The van der Waals surface area contributed by atoms with Crippen molar-refractivity contribution in [3.8, 4) is 11.1 Å². The van der Waals surface area contributed by atoms with E-state index >= 15 is 0 Å². The van der Waals surface area contributed by atoms with Crippen LogP contribution in [0.1, 0.15) is 30.4 Å². The van der Waals surface area contributed by atoms with Crippen LogP contribution in [0, 0.1) is 0 Å². The normalized spacial score (nSPS) is 19.1. The van der Waals surface area contributed by atoms with Crippen LogP contribution >= 0.6 is 0 Å². The Morgan fingerprint density at radius 2 is 1.71 bits per heavy atom. The number of hydrogen-bond acceptors (Lipinski definition) is 6. The van der Waals surface area contributed by atoms with Crippen molar-refractivity contribution in [1.82, 2.24) is 10.2 Å². The number of nitrogens with one attached hydrogen (secondary N) is 1. The van der Waals surface area contributed by atoms with Gasteiger partial charge in [0, 0.05) is 19.0 Å². The molecule has 2 aromatic rings. The Kier molecular flexibility index (Phi) is 7.99. The lowest BCUT2D eigenvalue weighted by molar-refractivity contribution is -0.165. The molecular weight excluding hydrogens is 452 g/mol. The molecule has 186 valence electrons. The number of amides is 2. The molecule has 1 heterocycles. The number of alkyl carbamates (subject to hydrolysis) is 1. The molecule has 1 aliphatic heterocycles. The Bertz CT molecular complexity index is 1030. The summed E-state index contributed by atoms with van der Waals surface area (Å²) < 4.78 is 16.3. The Morgan fingerprint density at radius 1 is 1.06 bits per heavy atom. The molecule has 4 rings (SSSR count). The minimum Gasteiger partial charge on any atom is -0.480 e. The van der Waals surface area contributed by atoms with Gasteiger partial charge in [0.2, 0.25) is 5.91 Å². The summed E-state index contributed by atoms with van der Waals surface area (Å²) in [6, 6.07) is 15.3. The van der Waals surface area contributed by atoms with E-state index in [4.69, 9.17) is 14.2 Å². The zero-order valence-electron chi connectivity index (χ0n) is 19.6. The summed E-state index contributed by atoms with van der Waals surface area (Å²) in [5.41, 5.74) is 4.63. The highest BCUT2D eigenvalue weighted by Gasteiger charge is 2.37. The SMILES string of the molecule is CC1OCCN(C(=O)CCOCCNC(=O)OCC2c3ccccc3-c3ccccc32)C1C(=O)O. The molecule has 0 aromatic heterocycles. The third kappa shape index (κ3) is 5.63. The van der Waals surface area contributed by atoms with E-state index < -0.39 is 24.2 Å². The number of carbonyl (C=O) groups is 3. The van der Waals surface area contributed by atoms with Crippen LogP contribution in [0.3, 0.4) is 0 Å². The summed E-state index contributed by atoms with van der Waals surface area (Å²) in [5, 5.41) is 12.0. The van der Waals surface area contributed by atoms with E-state index in [1.54, 1.807) is 6.92 Å². The zero-order valence-corrected chi connectivity index (χ0v) is 19.6. The number of aliphatic carboxylic acids is 1. The third-order valence-corrected chi connectivity index (χ3v) is 6.39. The summed E-state index contributed by atoms with van der Waals surface area (Å²) in [5.74, 6) is -1.39. The molecule has 2 N–H and O–H groups in total. The van der Waals surface area contributed by atoms with Gasteiger partial charge in [-0.05, 0) is 29.2 Å². The molecule has 2 aliphatic rings. The number of ether oxygens (including phenoxy) is 3. The number of carboxylic acid groups (broad SMARTS) is 1. The highest BCUT2D eigenvalue weighted by molar-refractivity contribution is 5.84. The predicted octanol–water partition coefficient (Wildman–Crippen LogP) is 2.63. The molecule has 9 nitrogen and oxygen atoms in total. The molecule has 0 radical (unpaired) electrons. The molecule has 1 saturated heterocycles. The predicted molar refractivity (Wildman–Crippen MR) is 127 cm³/mol. The summed E-state index contributed by atoms with van der Waals surface area (Å²) in [4.78, 5) is 37.4. The van der Waals surface area contributed by atoms with E-state index in [2.05, 4.69) is 29.6 Å². The lowest BCUT2D eigenvalue weighted by Crippen LogP contribution is -2.56. The van der Waals surface area contributed by atoms with E-state index in [1.165, 1.54) is 16.0 Å². The lowest BCUT2D eigenvalue weighted by Gasteiger charge is -2.37. The maximum Gasteiger partial charge on any atom is 0.407 e. The van der Waals surface area contributed by atoms with Crippen molar-refractivity contribution in [2.45, 2.75) is 31.4 Å². The molecule has 2 amide bonds. The molecule has 9 heteroatoms. The van der Waals surface area contributed by atoms with Crippen molar-refractivity contribution in [2.24, 2.45) is 0 Å². The van der Waals surface area contributed by atoms with E-state index in [0.717, 1.165) is 11.1 Å². The van der Waals surface area contributed by atoms with Crippen LogP contribution in [0.15, 0.2) is 48.5 Å². The highest BCUT2D eigenvalue weighted by atomic mass is 16.5. The largest absolute Gasteiger partial charge is 0.480 e. The van der Waals surface area contributed by atoms with Crippen LogP contribution in [0.25, 0.3) is 11.1 Å². The maximum atomic E-state index is 12.4. The molecule has 35 heavy (non-hydrogen) atoms. The fourth-order valence-electron chi connectivity index (χ4n) is 4.71. The first kappa shape index (κ1) is 24.7. The van der Waals surface area contributed by atoms with Crippen molar-refractivity contribution in [1.29, 1.82) is 0 Å². The number of hydrogen-bond donors (Lipinski definition) is 2. The van der Waals surface area contributed by atoms with Gasteiger partial charge in [-0.2, -0.15) is 0 Å². The molecule has 0 saturated carbocycles. The van der Waals surface area contributed by atoms with Crippen LogP contribution < -0.4 is 5.32 Å². The number of rotatable bonds is 9. The summed E-state index contributed by atoms with van der Waals surface area (Å²) in [6.07, 6.45) is -1.03.